The summed E-state index contributed by atoms with van der Waals surface area (Å²) in [4.78, 5) is 25.8. The Morgan fingerprint density at radius 2 is 2.00 bits per heavy atom. The van der Waals surface area contributed by atoms with Crippen molar-refractivity contribution in [2.24, 2.45) is 5.41 Å². The van der Waals surface area contributed by atoms with Crippen LogP contribution in [-0.4, -0.2) is 33.3 Å². The van der Waals surface area contributed by atoms with Gasteiger partial charge in [0.05, 0.1) is 24.8 Å². The number of esters is 1. The van der Waals surface area contributed by atoms with Crippen LogP contribution in [0.2, 0.25) is 0 Å². The van der Waals surface area contributed by atoms with Crippen LogP contribution in [0.15, 0.2) is 33.5 Å². The van der Waals surface area contributed by atoms with E-state index < -0.39 is 11.0 Å². The van der Waals surface area contributed by atoms with E-state index in [1.807, 2.05) is 44.9 Å². The van der Waals surface area contributed by atoms with Gasteiger partial charge in [0.15, 0.2) is 0 Å². The standard InChI is InChI=1S/C20H27NO5/c1-6-20(2,3)19(23)25-11-7-10-21(4)16-13-18(22)26-17-12-14(24-5)8-9-15(16)17/h8-9,12-13H,6-7,10-11H2,1-5H3. The van der Waals surface area contributed by atoms with Crippen molar-refractivity contribution in [3.8, 4) is 5.75 Å². The van der Waals surface area contributed by atoms with E-state index in [9.17, 15) is 9.59 Å². The average Bonchev–Trinajstić information content (AvgIpc) is 2.63. The molecule has 0 unspecified atom stereocenters. The first-order valence-corrected chi connectivity index (χ1v) is 8.78. The van der Waals surface area contributed by atoms with Crippen molar-refractivity contribution in [2.45, 2.75) is 33.6 Å². The van der Waals surface area contributed by atoms with E-state index in [-0.39, 0.29) is 5.97 Å². The number of methoxy groups -OCH3 is 1. The van der Waals surface area contributed by atoms with E-state index in [1.165, 1.54) is 6.07 Å². The first kappa shape index (κ1) is 19.8. The molecule has 0 bridgehead atoms. The maximum atomic E-state index is 12.0. The molecule has 0 radical (unpaired) electrons. The van der Waals surface area contributed by atoms with Crippen LogP contribution < -0.4 is 15.3 Å². The molecule has 1 aromatic carbocycles. The van der Waals surface area contributed by atoms with Crippen molar-refractivity contribution in [3.63, 3.8) is 0 Å². The molecule has 0 atom stereocenters. The number of fused-ring (bicyclic) bond motifs is 1. The van der Waals surface area contributed by atoms with Gasteiger partial charge in [-0.25, -0.2) is 4.79 Å². The fraction of sp³-hybridized carbons (Fsp3) is 0.500. The smallest absolute Gasteiger partial charge is 0.338 e. The fourth-order valence-electron chi connectivity index (χ4n) is 2.50. The van der Waals surface area contributed by atoms with Gasteiger partial charge in [0, 0.05) is 31.1 Å². The van der Waals surface area contributed by atoms with E-state index in [2.05, 4.69) is 0 Å². The van der Waals surface area contributed by atoms with Gasteiger partial charge in [-0.15, -0.1) is 0 Å². The number of benzene rings is 1. The Morgan fingerprint density at radius 1 is 1.27 bits per heavy atom. The summed E-state index contributed by atoms with van der Waals surface area (Å²) < 4.78 is 15.8. The molecule has 0 fully saturated rings. The van der Waals surface area contributed by atoms with E-state index >= 15 is 0 Å². The molecule has 6 nitrogen and oxygen atoms in total. The zero-order chi connectivity index (χ0) is 19.3. The zero-order valence-electron chi connectivity index (χ0n) is 16.1. The van der Waals surface area contributed by atoms with Crippen LogP contribution in [0.1, 0.15) is 33.6 Å². The lowest BCUT2D eigenvalue weighted by Gasteiger charge is -2.22. The van der Waals surface area contributed by atoms with Gasteiger partial charge in [0.25, 0.3) is 0 Å². The second kappa shape index (κ2) is 8.25. The molecular weight excluding hydrogens is 334 g/mol. The molecule has 0 aliphatic rings. The number of rotatable bonds is 8. The molecule has 1 heterocycles. The molecular formula is C20H27NO5. The Hall–Kier alpha value is -2.50. The lowest BCUT2D eigenvalue weighted by molar-refractivity contribution is -0.154. The van der Waals surface area contributed by atoms with Gasteiger partial charge in [-0.3, -0.25) is 4.79 Å². The lowest BCUT2D eigenvalue weighted by Crippen LogP contribution is -2.27. The van der Waals surface area contributed by atoms with Gasteiger partial charge in [-0.2, -0.15) is 0 Å². The van der Waals surface area contributed by atoms with Gasteiger partial charge < -0.3 is 18.8 Å². The van der Waals surface area contributed by atoms with Gasteiger partial charge in [-0.1, -0.05) is 6.92 Å². The van der Waals surface area contributed by atoms with E-state index in [0.717, 1.165) is 17.5 Å². The summed E-state index contributed by atoms with van der Waals surface area (Å²) in [6.07, 6.45) is 1.40. The van der Waals surface area contributed by atoms with Crippen LogP contribution in [-0.2, 0) is 9.53 Å². The molecule has 0 aliphatic heterocycles. The largest absolute Gasteiger partial charge is 0.497 e. The van der Waals surface area contributed by atoms with Crippen molar-refractivity contribution in [1.82, 2.24) is 0 Å². The summed E-state index contributed by atoms with van der Waals surface area (Å²) in [6.45, 7) is 6.72. The summed E-state index contributed by atoms with van der Waals surface area (Å²) in [7, 11) is 3.46. The zero-order valence-corrected chi connectivity index (χ0v) is 16.1. The minimum atomic E-state index is -0.459. The highest BCUT2D eigenvalue weighted by atomic mass is 16.5. The molecule has 1 aromatic heterocycles. The minimum Gasteiger partial charge on any atom is -0.497 e. The number of anilines is 1. The van der Waals surface area contributed by atoms with Gasteiger partial charge >= 0.3 is 11.6 Å². The van der Waals surface area contributed by atoms with Gasteiger partial charge in [0.1, 0.15) is 11.3 Å². The molecule has 0 aliphatic carbocycles. The van der Waals surface area contributed by atoms with Crippen LogP contribution in [0.3, 0.4) is 0 Å². The average molecular weight is 361 g/mol. The summed E-state index contributed by atoms with van der Waals surface area (Å²) in [5.74, 6) is 0.450. The lowest BCUT2D eigenvalue weighted by atomic mass is 9.91. The number of hydrogen-bond donors (Lipinski definition) is 0. The Bertz CT molecular complexity index is 825. The predicted molar refractivity (Wildman–Crippen MR) is 102 cm³/mol. The molecule has 0 saturated carbocycles. The summed E-state index contributed by atoms with van der Waals surface area (Å²) in [5, 5.41) is 0.831. The molecule has 6 heteroatoms. The minimum absolute atomic E-state index is 0.180. The SMILES string of the molecule is CCC(C)(C)C(=O)OCCCN(C)c1cc(=O)oc2cc(OC)ccc12. The molecule has 0 amide bonds. The van der Waals surface area contributed by atoms with Crippen LogP contribution >= 0.6 is 0 Å². The second-order valence-corrected chi connectivity index (χ2v) is 6.96. The molecule has 0 spiro atoms. The summed E-state index contributed by atoms with van der Waals surface area (Å²) in [6, 6.07) is 6.87. The molecule has 0 N–H and O–H groups in total. The Morgan fingerprint density at radius 3 is 2.65 bits per heavy atom. The van der Waals surface area contributed by atoms with Gasteiger partial charge in [-0.05, 0) is 38.8 Å². The van der Waals surface area contributed by atoms with Crippen molar-refractivity contribution >= 4 is 22.6 Å². The first-order chi connectivity index (χ1) is 12.3. The molecule has 2 aromatic rings. The first-order valence-electron chi connectivity index (χ1n) is 8.78. The highest BCUT2D eigenvalue weighted by Crippen LogP contribution is 2.28. The van der Waals surface area contributed by atoms with Crippen molar-refractivity contribution in [1.29, 1.82) is 0 Å². The number of carbonyl (C=O) groups is 1. The van der Waals surface area contributed by atoms with Gasteiger partial charge in [0.2, 0.25) is 0 Å². The molecule has 142 valence electrons. The van der Waals surface area contributed by atoms with E-state index in [1.54, 1.807) is 13.2 Å². The van der Waals surface area contributed by atoms with Crippen LogP contribution in [0.25, 0.3) is 11.0 Å². The third kappa shape index (κ3) is 4.56. The van der Waals surface area contributed by atoms with Crippen LogP contribution in [0.5, 0.6) is 5.75 Å². The molecule has 2 rings (SSSR count). The third-order valence-electron chi connectivity index (χ3n) is 4.65. The fourth-order valence-corrected chi connectivity index (χ4v) is 2.50. The monoisotopic (exact) mass is 361 g/mol. The maximum Gasteiger partial charge on any atom is 0.338 e. The van der Waals surface area contributed by atoms with E-state index in [0.29, 0.717) is 30.9 Å². The summed E-state index contributed by atoms with van der Waals surface area (Å²) >= 11 is 0. The normalized spacial score (nSPS) is 11.4. The van der Waals surface area contributed by atoms with Crippen LogP contribution in [0.4, 0.5) is 5.69 Å². The second-order valence-electron chi connectivity index (χ2n) is 6.96. The van der Waals surface area contributed by atoms with Crippen molar-refractivity contribution in [2.75, 3.05) is 32.2 Å². The third-order valence-corrected chi connectivity index (χ3v) is 4.65. The van der Waals surface area contributed by atoms with Crippen LogP contribution in [0, 0.1) is 5.41 Å². The Labute approximate surface area is 153 Å². The highest BCUT2D eigenvalue weighted by Gasteiger charge is 2.26. The molecule has 26 heavy (non-hydrogen) atoms. The predicted octanol–water partition coefficient (Wildman–Crippen LogP) is 3.61. The number of hydrogen-bond acceptors (Lipinski definition) is 6. The summed E-state index contributed by atoms with van der Waals surface area (Å²) in [5.41, 5.74) is 0.386. The number of nitrogens with zero attached hydrogens (tertiary/aromatic N) is 1. The molecule has 0 saturated heterocycles. The quantitative estimate of drug-likeness (QED) is 0.406. The Balaban J connectivity index is 2.05. The van der Waals surface area contributed by atoms with Crippen molar-refractivity contribution in [3.05, 3.63) is 34.7 Å². The number of ether oxygens (including phenoxy) is 2. The Kier molecular flexibility index (Phi) is 6.29. The highest BCUT2D eigenvalue weighted by molar-refractivity contribution is 5.90. The number of carbonyl (C=O) groups excluding carboxylic acids is 1. The topological polar surface area (TPSA) is 69.0 Å². The van der Waals surface area contributed by atoms with E-state index in [4.69, 9.17) is 13.9 Å². The van der Waals surface area contributed by atoms with Crippen molar-refractivity contribution < 1.29 is 18.7 Å². The maximum absolute atomic E-state index is 12.0.